The average Bonchev–Trinajstić information content (AvgIpc) is 1.68. The van der Waals surface area contributed by atoms with Crippen molar-refractivity contribution in [3.8, 4) is 0 Å². The molecule has 0 atom stereocenters. The third-order valence-electron chi connectivity index (χ3n) is 0.651. The van der Waals surface area contributed by atoms with Crippen LogP contribution in [0.2, 0.25) is 0 Å². The molecule has 0 radical (unpaired) electrons. The van der Waals surface area contributed by atoms with Crippen LogP contribution in [0.4, 0.5) is 0 Å². The third kappa shape index (κ3) is 3.83. The molecule has 0 saturated carbocycles. The Morgan fingerprint density at radius 2 is 2.43 bits per heavy atom. The summed E-state index contributed by atoms with van der Waals surface area (Å²) in [5, 5.41) is 8.93. The molecule has 1 N–H and O–H groups in total. The Morgan fingerprint density at radius 1 is 1.86 bits per heavy atom. The summed E-state index contributed by atoms with van der Waals surface area (Å²) in [6, 6.07) is 0. The molecule has 0 heterocycles. The maximum atomic E-state index is 8.21. The SMILES string of the molecule is CCC(Cl)=CCO. The van der Waals surface area contributed by atoms with Gasteiger partial charge in [0.1, 0.15) is 0 Å². The highest BCUT2D eigenvalue weighted by atomic mass is 35.5. The molecule has 0 aliphatic heterocycles. The lowest BCUT2D eigenvalue weighted by molar-refractivity contribution is 0.342. The number of aliphatic hydroxyl groups excluding tert-OH is 1. The fourth-order valence-corrected chi connectivity index (χ4v) is 0.312. The first kappa shape index (κ1) is 6.99. The predicted molar refractivity (Wildman–Crippen MR) is 31.3 cm³/mol. The largest absolute Gasteiger partial charge is 0.392 e. The van der Waals surface area contributed by atoms with E-state index >= 15 is 0 Å². The van der Waals surface area contributed by atoms with E-state index in [9.17, 15) is 0 Å². The molecule has 0 amide bonds. The van der Waals surface area contributed by atoms with E-state index in [1.165, 1.54) is 0 Å². The lowest BCUT2D eigenvalue weighted by Crippen LogP contribution is -1.73. The zero-order chi connectivity index (χ0) is 5.70. The van der Waals surface area contributed by atoms with Crippen LogP contribution in [0.5, 0.6) is 0 Å². The van der Waals surface area contributed by atoms with E-state index in [-0.39, 0.29) is 6.61 Å². The minimum absolute atomic E-state index is 0.0483. The van der Waals surface area contributed by atoms with Gasteiger partial charge < -0.3 is 5.11 Å². The van der Waals surface area contributed by atoms with Crippen LogP contribution in [0.25, 0.3) is 0 Å². The van der Waals surface area contributed by atoms with Crippen LogP contribution in [0.15, 0.2) is 11.1 Å². The first-order chi connectivity index (χ1) is 3.31. The fourth-order valence-electron chi connectivity index (χ4n) is 0.243. The summed E-state index contributed by atoms with van der Waals surface area (Å²) in [7, 11) is 0. The van der Waals surface area contributed by atoms with Crippen LogP contribution in [0.1, 0.15) is 13.3 Å². The highest BCUT2D eigenvalue weighted by Gasteiger charge is 1.80. The van der Waals surface area contributed by atoms with Crippen molar-refractivity contribution >= 4 is 11.6 Å². The number of rotatable bonds is 2. The molecule has 7 heavy (non-hydrogen) atoms. The molecule has 0 aromatic carbocycles. The van der Waals surface area contributed by atoms with Crippen LogP contribution < -0.4 is 0 Å². The summed E-state index contributed by atoms with van der Waals surface area (Å²) in [5.41, 5.74) is 0. The standard InChI is InChI=1S/C5H9ClO/c1-2-5(6)3-4-7/h3,7H,2,4H2,1H3. The number of halogens is 1. The van der Waals surface area contributed by atoms with Gasteiger partial charge in [-0.25, -0.2) is 0 Å². The van der Waals surface area contributed by atoms with Crippen LogP contribution in [0, 0.1) is 0 Å². The van der Waals surface area contributed by atoms with Crippen molar-refractivity contribution in [1.82, 2.24) is 0 Å². The van der Waals surface area contributed by atoms with Gasteiger partial charge in [0.2, 0.25) is 0 Å². The smallest absolute Gasteiger partial charge is 0.0626 e. The summed E-state index contributed by atoms with van der Waals surface area (Å²) >= 11 is 5.47. The van der Waals surface area contributed by atoms with Gasteiger partial charge in [-0.05, 0) is 12.5 Å². The molecule has 0 fully saturated rings. The first-order valence-electron chi connectivity index (χ1n) is 2.26. The Balaban J connectivity index is 3.29. The van der Waals surface area contributed by atoms with Gasteiger partial charge in [0.15, 0.2) is 0 Å². The maximum absolute atomic E-state index is 8.21. The molecule has 0 aliphatic carbocycles. The van der Waals surface area contributed by atoms with E-state index in [2.05, 4.69) is 0 Å². The van der Waals surface area contributed by atoms with Crippen molar-refractivity contribution in [3.05, 3.63) is 11.1 Å². The van der Waals surface area contributed by atoms with Crippen LogP contribution in [-0.2, 0) is 0 Å². The minimum atomic E-state index is 0.0483. The highest BCUT2D eigenvalue weighted by Crippen LogP contribution is 2.03. The molecule has 42 valence electrons. The highest BCUT2D eigenvalue weighted by molar-refractivity contribution is 6.29. The summed E-state index contributed by atoms with van der Waals surface area (Å²) in [6.45, 7) is 1.99. The van der Waals surface area contributed by atoms with Crippen molar-refractivity contribution in [2.24, 2.45) is 0 Å². The molecular weight excluding hydrogens is 112 g/mol. The Labute approximate surface area is 48.6 Å². The zero-order valence-corrected chi connectivity index (χ0v) is 5.07. The third-order valence-corrected chi connectivity index (χ3v) is 1.07. The number of hydrogen-bond acceptors (Lipinski definition) is 1. The molecule has 0 aromatic rings. The molecule has 1 nitrogen and oxygen atoms in total. The average molecular weight is 121 g/mol. The second kappa shape index (κ2) is 4.16. The fraction of sp³-hybridized carbons (Fsp3) is 0.600. The second-order valence-electron chi connectivity index (χ2n) is 1.19. The van der Waals surface area contributed by atoms with Gasteiger partial charge in [0, 0.05) is 5.03 Å². The van der Waals surface area contributed by atoms with Gasteiger partial charge in [0.05, 0.1) is 6.61 Å². The van der Waals surface area contributed by atoms with Crippen molar-refractivity contribution in [1.29, 1.82) is 0 Å². The number of allylic oxidation sites excluding steroid dienone is 1. The Hall–Kier alpha value is -0.0100. The first-order valence-corrected chi connectivity index (χ1v) is 2.64. The summed E-state index contributed by atoms with van der Waals surface area (Å²) < 4.78 is 0. The van der Waals surface area contributed by atoms with E-state index in [0.29, 0.717) is 0 Å². The molecule has 0 aliphatic rings. The normalized spacial score (nSPS) is 12.1. The number of aliphatic hydroxyl groups is 1. The van der Waals surface area contributed by atoms with Crippen molar-refractivity contribution in [2.45, 2.75) is 13.3 Å². The summed E-state index contributed by atoms with van der Waals surface area (Å²) in [5.74, 6) is 0. The van der Waals surface area contributed by atoms with E-state index in [4.69, 9.17) is 16.7 Å². The molecule has 0 bridgehead atoms. The molecule has 0 unspecified atom stereocenters. The van der Waals surface area contributed by atoms with Crippen LogP contribution >= 0.6 is 11.6 Å². The van der Waals surface area contributed by atoms with Crippen LogP contribution in [0.3, 0.4) is 0 Å². The van der Waals surface area contributed by atoms with Gasteiger partial charge in [-0.1, -0.05) is 18.5 Å². The lowest BCUT2D eigenvalue weighted by Gasteiger charge is -1.85. The van der Waals surface area contributed by atoms with Gasteiger partial charge in [-0.2, -0.15) is 0 Å². The molecule has 0 saturated heterocycles. The van der Waals surface area contributed by atoms with Gasteiger partial charge >= 0.3 is 0 Å². The molecule has 0 rings (SSSR count). The summed E-state index contributed by atoms with van der Waals surface area (Å²) in [4.78, 5) is 0. The summed E-state index contributed by atoms with van der Waals surface area (Å²) in [6.07, 6.45) is 2.39. The van der Waals surface area contributed by atoms with E-state index in [1.54, 1.807) is 6.08 Å². The van der Waals surface area contributed by atoms with Crippen molar-refractivity contribution in [2.75, 3.05) is 6.61 Å². The van der Waals surface area contributed by atoms with Gasteiger partial charge in [0.25, 0.3) is 0 Å². The minimum Gasteiger partial charge on any atom is -0.392 e. The van der Waals surface area contributed by atoms with Crippen molar-refractivity contribution < 1.29 is 5.11 Å². The Morgan fingerprint density at radius 3 is 2.57 bits per heavy atom. The quantitative estimate of drug-likeness (QED) is 0.586. The number of hydrogen-bond donors (Lipinski definition) is 1. The van der Waals surface area contributed by atoms with Gasteiger partial charge in [-0.15, -0.1) is 0 Å². The van der Waals surface area contributed by atoms with Crippen LogP contribution in [-0.4, -0.2) is 11.7 Å². The molecule has 0 aromatic heterocycles. The monoisotopic (exact) mass is 120 g/mol. The maximum Gasteiger partial charge on any atom is 0.0626 e. The van der Waals surface area contributed by atoms with Gasteiger partial charge in [-0.3, -0.25) is 0 Å². The van der Waals surface area contributed by atoms with Crippen molar-refractivity contribution in [3.63, 3.8) is 0 Å². The van der Waals surface area contributed by atoms with E-state index in [0.717, 1.165) is 11.5 Å². The topological polar surface area (TPSA) is 20.2 Å². The predicted octanol–water partition coefficient (Wildman–Crippen LogP) is 1.51. The second-order valence-corrected chi connectivity index (χ2v) is 1.67. The van der Waals surface area contributed by atoms with E-state index < -0.39 is 0 Å². The molecule has 2 heteroatoms. The Bertz CT molecular complexity index is 68.5. The Kier molecular flexibility index (Phi) is 4.15. The zero-order valence-electron chi connectivity index (χ0n) is 4.32. The van der Waals surface area contributed by atoms with E-state index in [1.807, 2.05) is 6.92 Å². The lowest BCUT2D eigenvalue weighted by atomic mass is 10.4. The molecular formula is C5H9ClO. The molecule has 0 spiro atoms.